The number of benzene rings is 1. The van der Waals surface area contributed by atoms with Gasteiger partial charge in [-0.05, 0) is 24.5 Å². The Balaban J connectivity index is 2.55. The molecule has 0 fully saturated rings. The molecular formula is C19H28N2O4. The third-order valence-electron chi connectivity index (χ3n) is 3.83. The van der Waals surface area contributed by atoms with Gasteiger partial charge in [0.2, 0.25) is 11.8 Å². The summed E-state index contributed by atoms with van der Waals surface area (Å²) in [6.45, 7) is 7.78. The zero-order valence-electron chi connectivity index (χ0n) is 15.4. The molecule has 0 aromatic heterocycles. The van der Waals surface area contributed by atoms with Gasteiger partial charge in [0.25, 0.3) is 0 Å². The summed E-state index contributed by atoms with van der Waals surface area (Å²) in [6, 6.07) is 6.85. The third kappa shape index (κ3) is 7.37. The zero-order chi connectivity index (χ0) is 19.0. The van der Waals surface area contributed by atoms with E-state index < -0.39 is 17.4 Å². The van der Waals surface area contributed by atoms with Crippen molar-refractivity contribution in [2.75, 3.05) is 6.54 Å². The summed E-state index contributed by atoms with van der Waals surface area (Å²) in [5.41, 5.74) is 1.28. The smallest absolute Gasteiger partial charge is 0.305 e. The van der Waals surface area contributed by atoms with Gasteiger partial charge in [-0.1, -0.05) is 45.0 Å². The number of carbonyl (C=O) groups excluding carboxylic acids is 2. The SMILES string of the molecule is Cc1ccccc1C(CC(=O)O)NC(=O)CCCNC(=O)C(C)(C)C. The van der Waals surface area contributed by atoms with Gasteiger partial charge < -0.3 is 15.7 Å². The number of amides is 2. The Morgan fingerprint density at radius 2 is 1.80 bits per heavy atom. The van der Waals surface area contributed by atoms with E-state index in [1.165, 1.54) is 0 Å². The molecule has 1 unspecified atom stereocenters. The maximum Gasteiger partial charge on any atom is 0.305 e. The van der Waals surface area contributed by atoms with Crippen LogP contribution < -0.4 is 10.6 Å². The highest BCUT2D eigenvalue weighted by Gasteiger charge is 2.21. The average molecular weight is 348 g/mol. The van der Waals surface area contributed by atoms with Crippen LogP contribution in [0.2, 0.25) is 0 Å². The summed E-state index contributed by atoms with van der Waals surface area (Å²) in [4.78, 5) is 35.0. The molecule has 1 atom stereocenters. The molecule has 138 valence electrons. The Morgan fingerprint density at radius 1 is 1.16 bits per heavy atom. The number of hydrogen-bond acceptors (Lipinski definition) is 3. The van der Waals surface area contributed by atoms with Crippen LogP contribution in [0.1, 0.15) is 57.2 Å². The van der Waals surface area contributed by atoms with Crippen LogP contribution >= 0.6 is 0 Å². The first-order valence-electron chi connectivity index (χ1n) is 8.46. The maximum absolute atomic E-state index is 12.1. The molecule has 0 saturated heterocycles. The van der Waals surface area contributed by atoms with Crippen LogP contribution in [0.3, 0.4) is 0 Å². The van der Waals surface area contributed by atoms with Crippen LogP contribution in [-0.2, 0) is 14.4 Å². The van der Waals surface area contributed by atoms with Gasteiger partial charge in [-0.25, -0.2) is 0 Å². The minimum atomic E-state index is -0.967. The minimum absolute atomic E-state index is 0.0587. The number of carboxylic acid groups (broad SMARTS) is 1. The number of aliphatic carboxylic acids is 1. The lowest BCUT2D eigenvalue weighted by atomic mass is 9.96. The van der Waals surface area contributed by atoms with Gasteiger partial charge in [-0.15, -0.1) is 0 Å². The number of aryl methyl sites for hydroxylation is 1. The third-order valence-corrected chi connectivity index (χ3v) is 3.83. The van der Waals surface area contributed by atoms with Crippen LogP contribution in [0, 0.1) is 12.3 Å². The fourth-order valence-corrected chi connectivity index (χ4v) is 2.37. The van der Waals surface area contributed by atoms with Crippen molar-refractivity contribution < 1.29 is 19.5 Å². The molecule has 0 radical (unpaired) electrons. The molecule has 0 aliphatic heterocycles. The van der Waals surface area contributed by atoms with Crippen molar-refractivity contribution in [2.45, 2.75) is 53.0 Å². The predicted molar refractivity (Wildman–Crippen MR) is 96.0 cm³/mol. The summed E-state index contributed by atoms with van der Waals surface area (Å²) in [5, 5.41) is 14.7. The Morgan fingerprint density at radius 3 is 2.36 bits per heavy atom. The number of hydrogen-bond donors (Lipinski definition) is 3. The van der Waals surface area contributed by atoms with Gasteiger partial charge >= 0.3 is 5.97 Å². The standard InChI is InChI=1S/C19H28N2O4/c1-13-8-5-6-9-14(13)15(12-17(23)24)21-16(22)10-7-11-20-18(25)19(2,3)4/h5-6,8-9,15H,7,10-12H2,1-4H3,(H,20,25)(H,21,22)(H,23,24). The van der Waals surface area contributed by atoms with Crippen molar-refractivity contribution in [3.05, 3.63) is 35.4 Å². The average Bonchev–Trinajstić information content (AvgIpc) is 2.49. The Bertz CT molecular complexity index is 620. The fourth-order valence-electron chi connectivity index (χ4n) is 2.37. The number of carboxylic acids is 1. The normalized spacial score (nSPS) is 12.3. The van der Waals surface area contributed by atoms with Gasteiger partial charge in [-0.3, -0.25) is 14.4 Å². The van der Waals surface area contributed by atoms with Crippen LogP contribution in [0.15, 0.2) is 24.3 Å². The van der Waals surface area contributed by atoms with E-state index in [-0.39, 0.29) is 24.7 Å². The van der Waals surface area contributed by atoms with E-state index in [0.29, 0.717) is 13.0 Å². The molecule has 1 aromatic carbocycles. The van der Waals surface area contributed by atoms with E-state index in [1.54, 1.807) is 0 Å². The minimum Gasteiger partial charge on any atom is -0.481 e. The molecule has 0 aliphatic carbocycles. The van der Waals surface area contributed by atoms with Crippen molar-refractivity contribution >= 4 is 17.8 Å². The van der Waals surface area contributed by atoms with Gasteiger partial charge in [0.05, 0.1) is 12.5 Å². The molecule has 6 nitrogen and oxygen atoms in total. The van der Waals surface area contributed by atoms with E-state index in [9.17, 15) is 14.4 Å². The van der Waals surface area contributed by atoms with Crippen LogP contribution in [-0.4, -0.2) is 29.4 Å². The molecule has 6 heteroatoms. The van der Waals surface area contributed by atoms with Crippen LogP contribution in [0.25, 0.3) is 0 Å². The Kier molecular flexibility index (Phi) is 7.61. The topological polar surface area (TPSA) is 95.5 Å². The zero-order valence-corrected chi connectivity index (χ0v) is 15.4. The molecule has 25 heavy (non-hydrogen) atoms. The quantitative estimate of drug-likeness (QED) is 0.629. The highest BCUT2D eigenvalue weighted by molar-refractivity contribution is 5.81. The van der Waals surface area contributed by atoms with Crippen molar-refractivity contribution in [3.8, 4) is 0 Å². The summed E-state index contributed by atoms with van der Waals surface area (Å²) in [5.74, 6) is -1.25. The second-order valence-corrected chi connectivity index (χ2v) is 7.18. The lowest BCUT2D eigenvalue weighted by molar-refractivity contribution is -0.138. The Hall–Kier alpha value is -2.37. The highest BCUT2D eigenvalue weighted by atomic mass is 16.4. The van der Waals surface area contributed by atoms with Crippen LogP contribution in [0.5, 0.6) is 0 Å². The highest BCUT2D eigenvalue weighted by Crippen LogP contribution is 2.21. The van der Waals surface area contributed by atoms with Crippen molar-refractivity contribution in [1.29, 1.82) is 0 Å². The molecule has 0 aliphatic rings. The summed E-state index contributed by atoms with van der Waals surface area (Å²) < 4.78 is 0. The first kappa shape index (κ1) is 20.7. The van der Waals surface area contributed by atoms with Gasteiger partial charge in [0, 0.05) is 18.4 Å². The van der Waals surface area contributed by atoms with E-state index in [4.69, 9.17) is 5.11 Å². The summed E-state index contributed by atoms with van der Waals surface area (Å²) in [7, 11) is 0. The molecule has 0 bridgehead atoms. The maximum atomic E-state index is 12.1. The van der Waals surface area contributed by atoms with Crippen molar-refractivity contribution in [2.24, 2.45) is 5.41 Å². The van der Waals surface area contributed by atoms with Gasteiger partial charge in [0.1, 0.15) is 0 Å². The lowest BCUT2D eigenvalue weighted by Crippen LogP contribution is -2.36. The molecule has 0 spiro atoms. The second kappa shape index (κ2) is 9.20. The largest absolute Gasteiger partial charge is 0.481 e. The lowest BCUT2D eigenvalue weighted by Gasteiger charge is -2.20. The molecule has 2 amide bonds. The first-order chi connectivity index (χ1) is 11.6. The number of nitrogens with one attached hydrogen (secondary N) is 2. The number of carbonyl (C=O) groups is 3. The van der Waals surface area contributed by atoms with Crippen LogP contribution in [0.4, 0.5) is 0 Å². The first-order valence-corrected chi connectivity index (χ1v) is 8.46. The summed E-state index contributed by atoms with van der Waals surface area (Å²) in [6.07, 6.45) is 0.561. The molecular weight excluding hydrogens is 320 g/mol. The monoisotopic (exact) mass is 348 g/mol. The summed E-state index contributed by atoms with van der Waals surface area (Å²) >= 11 is 0. The van der Waals surface area contributed by atoms with Crippen molar-refractivity contribution in [3.63, 3.8) is 0 Å². The van der Waals surface area contributed by atoms with Crippen molar-refractivity contribution in [1.82, 2.24) is 10.6 Å². The molecule has 0 heterocycles. The fraction of sp³-hybridized carbons (Fsp3) is 0.526. The predicted octanol–water partition coefficient (Wildman–Crippen LogP) is 2.57. The van der Waals surface area contributed by atoms with E-state index >= 15 is 0 Å². The molecule has 1 rings (SSSR count). The van der Waals surface area contributed by atoms with E-state index in [2.05, 4.69) is 10.6 Å². The number of rotatable bonds is 8. The molecule has 0 saturated carbocycles. The second-order valence-electron chi connectivity index (χ2n) is 7.18. The molecule has 1 aromatic rings. The van der Waals surface area contributed by atoms with Gasteiger partial charge in [-0.2, -0.15) is 0 Å². The van der Waals surface area contributed by atoms with E-state index in [1.807, 2.05) is 52.0 Å². The van der Waals surface area contributed by atoms with Gasteiger partial charge in [0.15, 0.2) is 0 Å². The Labute approximate surface area is 149 Å². The molecule has 3 N–H and O–H groups in total. The van der Waals surface area contributed by atoms with E-state index in [0.717, 1.165) is 11.1 Å².